The molecule has 1 amide bonds. The molecule has 0 heterocycles. The van der Waals surface area contributed by atoms with Gasteiger partial charge in [0.15, 0.2) is 0 Å². The van der Waals surface area contributed by atoms with Gasteiger partial charge in [-0.15, -0.1) is 0 Å². The minimum Gasteiger partial charge on any atom is -0.481 e. The number of benzene rings is 1. The number of aliphatic carboxylic acids is 1. The first-order valence-corrected chi connectivity index (χ1v) is 6.06. The molecule has 1 saturated carbocycles. The number of carbonyl (C=O) groups excluding carboxylic acids is 1. The van der Waals surface area contributed by atoms with Crippen LogP contribution in [-0.4, -0.2) is 24.0 Å². The second-order valence-corrected chi connectivity index (χ2v) is 5.02. The van der Waals surface area contributed by atoms with E-state index in [1.165, 1.54) is 4.90 Å². The van der Waals surface area contributed by atoms with Gasteiger partial charge in [-0.2, -0.15) is 0 Å². The van der Waals surface area contributed by atoms with Gasteiger partial charge in [-0.1, -0.05) is 17.7 Å². The molecule has 1 fully saturated rings. The molecule has 0 spiro atoms. The Balaban J connectivity index is 2.12. The highest BCUT2D eigenvalue weighted by Crippen LogP contribution is 2.40. The number of rotatable bonds is 3. The molecule has 18 heavy (non-hydrogen) atoms. The predicted molar refractivity (Wildman–Crippen MR) is 68.8 cm³/mol. The molecular weight excluding hydrogens is 254 g/mol. The first-order valence-electron chi connectivity index (χ1n) is 5.68. The van der Waals surface area contributed by atoms with Crippen molar-refractivity contribution >= 4 is 29.2 Å². The average molecular weight is 268 g/mol. The van der Waals surface area contributed by atoms with Gasteiger partial charge in [0, 0.05) is 17.8 Å². The largest absolute Gasteiger partial charge is 0.481 e. The highest BCUT2D eigenvalue weighted by atomic mass is 35.5. The first kappa shape index (κ1) is 12.9. The number of carboxylic acid groups (broad SMARTS) is 1. The van der Waals surface area contributed by atoms with Crippen LogP contribution in [0, 0.1) is 18.8 Å². The molecule has 96 valence electrons. The zero-order chi connectivity index (χ0) is 13.4. The zero-order valence-corrected chi connectivity index (χ0v) is 10.9. The van der Waals surface area contributed by atoms with Crippen molar-refractivity contribution in [1.29, 1.82) is 0 Å². The van der Waals surface area contributed by atoms with Crippen molar-refractivity contribution in [2.24, 2.45) is 11.8 Å². The predicted octanol–water partition coefficient (Wildman–Crippen LogP) is 2.33. The summed E-state index contributed by atoms with van der Waals surface area (Å²) in [6.07, 6.45) is 0.429. The van der Waals surface area contributed by atoms with Gasteiger partial charge in [-0.05, 0) is 31.0 Å². The van der Waals surface area contributed by atoms with Crippen molar-refractivity contribution in [2.45, 2.75) is 13.3 Å². The van der Waals surface area contributed by atoms with Crippen LogP contribution in [0.3, 0.4) is 0 Å². The van der Waals surface area contributed by atoms with Crippen LogP contribution in [0.4, 0.5) is 5.69 Å². The summed E-state index contributed by atoms with van der Waals surface area (Å²) in [6, 6.07) is 5.35. The van der Waals surface area contributed by atoms with E-state index in [1.54, 1.807) is 19.2 Å². The molecule has 2 unspecified atom stereocenters. The van der Waals surface area contributed by atoms with Crippen LogP contribution in [0.25, 0.3) is 0 Å². The van der Waals surface area contributed by atoms with E-state index < -0.39 is 17.8 Å². The standard InChI is InChI=1S/C13H14ClNO3/c1-7-3-4-8(5-11(7)14)15(2)12(16)9-6-10(9)13(17)18/h3-5,9-10H,6H2,1-2H3,(H,17,18). The van der Waals surface area contributed by atoms with Crippen LogP contribution in [0.2, 0.25) is 5.02 Å². The molecule has 0 aromatic heterocycles. The van der Waals surface area contributed by atoms with E-state index >= 15 is 0 Å². The summed E-state index contributed by atoms with van der Waals surface area (Å²) in [7, 11) is 1.64. The number of hydrogen-bond acceptors (Lipinski definition) is 2. The summed E-state index contributed by atoms with van der Waals surface area (Å²) in [5.74, 6) is -1.99. The average Bonchev–Trinajstić information content (AvgIpc) is 3.11. The quantitative estimate of drug-likeness (QED) is 0.914. The van der Waals surface area contributed by atoms with Gasteiger partial charge in [-0.3, -0.25) is 9.59 Å². The maximum absolute atomic E-state index is 12.0. The Bertz CT molecular complexity index is 515. The number of nitrogens with zero attached hydrogens (tertiary/aromatic N) is 1. The van der Waals surface area contributed by atoms with Crippen molar-refractivity contribution in [3.05, 3.63) is 28.8 Å². The fourth-order valence-corrected chi connectivity index (χ4v) is 2.08. The molecular formula is C13H14ClNO3. The van der Waals surface area contributed by atoms with Crippen molar-refractivity contribution in [1.82, 2.24) is 0 Å². The number of halogens is 1. The summed E-state index contributed by atoms with van der Waals surface area (Å²) >= 11 is 6.00. The third-order valence-corrected chi connectivity index (χ3v) is 3.71. The third kappa shape index (κ3) is 2.34. The second-order valence-electron chi connectivity index (χ2n) is 4.62. The first-order chi connectivity index (χ1) is 8.41. The Morgan fingerprint density at radius 3 is 2.56 bits per heavy atom. The lowest BCUT2D eigenvalue weighted by atomic mass is 10.2. The van der Waals surface area contributed by atoms with Crippen LogP contribution in [-0.2, 0) is 9.59 Å². The molecule has 0 saturated heterocycles. The molecule has 2 atom stereocenters. The summed E-state index contributed by atoms with van der Waals surface area (Å²) in [5, 5.41) is 9.41. The van der Waals surface area contributed by atoms with E-state index in [1.807, 2.05) is 13.0 Å². The van der Waals surface area contributed by atoms with Crippen LogP contribution >= 0.6 is 11.6 Å². The molecule has 0 radical (unpaired) electrons. The lowest BCUT2D eigenvalue weighted by Crippen LogP contribution is -2.29. The topological polar surface area (TPSA) is 57.6 Å². The Morgan fingerprint density at radius 2 is 2.06 bits per heavy atom. The highest BCUT2D eigenvalue weighted by Gasteiger charge is 2.49. The summed E-state index contributed by atoms with van der Waals surface area (Å²) in [4.78, 5) is 24.2. The highest BCUT2D eigenvalue weighted by molar-refractivity contribution is 6.31. The van der Waals surface area contributed by atoms with Crippen LogP contribution < -0.4 is 4.90 Å². The number of hydrogen-bond donors (Lipinski definition) is 1. The fourth-order valence-electron chi connectivity index (χ4n) is 1.91. The molecule has 1 aromatic carbocycles. The van der Waals surface area contributed by atoms with E-state index in [9.17, 15) is 9.59 Å². The lowest BCUT2D eigenvalue weighted by molar-refractivity contribution is -0.139. The minimum absolute atomic E-state index is 0.165. The Morgan fingerprint density at radius 1 is 1.39 bits per heavy atom. The Labute approximate surface area is 110 Å². The van der Waals surface area contributed by atoms with Gasteiger partial charge in [0.1, 0.15) is 0 Å². The summed E-state index contributed by atoms with van der Waals surface area (Å²) < 4.78 is 0. The number of amides is 1. The Kier molecular flexibility index (Phi) is 3.30. The summed E-state index contributed by atoms with van der Waals surface area (Å²) in [5.41, 5.74) is 1.63. The zero-order valence-electron chi connectivity index (χ0n) is 10.2. The lowest BCUT2D eigenvalue weighted by Gasteiger charge is -2.18. The molecule has 2 rings (SSSR count). The molecule has 1 aliphatic rings. The molecule has 1 N–H and O–H groups in total. The normalized spacial score (nSPS) is 21.5. The van der Waals surface area contributed by atoms with Gasteiger partial charge in [0.25, 0.3) is 0 Å². The van der Waals surface area contributed by atoms with Crippen molar-refractivity contribution in [3.8, 4) is 0 Å². The van der Waals surface area contributed by atoms with Crippen molar-refractivity contribution < 1.29 is 14.7 Å². The molecule has 4 nitrogen and oxygen atoms in total. The maximum atomic E-state index is 12.0. The van der Waals surface area contributed by atoms with Gasteiger partial charge in [0.2, 0.25) is 5.91 Å². The molecule has 0 aliphatic heterocycles. The third-order valence-electron chi connectivity index (χ3n) is 3.30. The minimum atomic E-state index is -0.899. The Hall–Kier alpha value is -1.55. The second kappa shape index (κ2) is 4.61. The van der Waals surface area contributed by atoms with Crippen LogP contribution in [0.5, 0.6) is 0 Å². The number of anilines is 1. The molecule has 1 aromatic rings. The van der Waals surface area contributed by atoms with Gasteiger partial charge in [0.05, 0.1) is 11.8 Å². The summed E-state index contributed by atoms with van der Waals surface area (Å²) in [6.45, 7) is 1.88. The molecule has 0 bridgehead atoms. The van der Waals surface area contributed by atoms with E-state index in [0.29, 0.717) is 17.1 Å². The monoisotopic (exact) mass is 267 g/mol. The van der Waals surface area contributed by atoms with E-state index in [2.05, 4.69) is 0 Å². The maximum Gasteiger partial charge on any atom is 0.307 e. The molecule has 5 heteroatoms. The SMILES string of the molecule is Cc1ccc(N(C)C(=O)C2CC2C(=O)O)cc1Cl. The fraction of sp³-hybridized carbons (Fsp3) is 0.385. The van der Waals surface area contributed by atoms with E-state index in [4.69, 9.17) is 16.7 Å². The number of carboxylic acids is 1. The van der Waals surface area contributed by atoms with E-state index in [0.717, 1.165) is 5.56 Å². The van der Waals surface area contributed by atoms with Gasteiger partial charge < -0.3 is 10.0 Å². The van der Waals surface area contributed by atoms with Crippen LogP contribution in [0.1, 0.15) is 12.0 Å². The number of aryl methyl sites for hydroxylation is 1. The van der Waals surface area contributed by atoms with Gasteiger partial charge in [-0.25, -0.2) is 0 Å². The smallest absolute Gasteiger partial charge is 0.307 e. The van der Waals surface area contributed by atoms with E-state index in [-0.39, 0.29) is 5.91 Å². The van der Waals surface area contributed by atoms with Crippen molar-refractivity contribution in [2.75, 3.05) is 11.9 Å². The van der Waals surface area contributed by atoms with Crippen molar-refractivity contribution in [3.63, 3.8) is 0 Å². The number of carbonyl (C=O) groups is 2. The van der Waals surface area contributed by atoms with Crippen LogP contribution in [0.15, 0.2) is 18.2 Å². The molecule has 1 aliphatic carbocycles. The van der Waals surface area contributed by atoms with Gasteiger partial charge >= 0.3 is 5.97 Å².